The molecule has 0 aliphatic carbocycles. The molecule has 5 heteroatoms. The van der Waals surface area contributed by atoms with Crippen molar-refractivity contribution in [1.29, 1.82) is 0 Å². The maximum Gasteiger partial charge on any atom is 0.243 e. The van der Waals surface area contributed by atoms with Crippen LogP contribution in [0.4, 0.5) is 5.69 Å². The van der Waals surface area contributed by atoms with Crippen molar-refractivity contribution in [3.8, 4) is 0 Å². The second-order valence-electron chi connectivity index (χ2n) is 7.97. The molecule has 0 aromatic heterocycles. The van der Waals surface area contributed by atoms with Crippen LogP contribution in [0.5, 0.6) is 0 Å². The van der Waals surface area contributed by atoms with Crippen LogP contribution in [-0.4, -0.2) is 38.9 Å². The summed E-state index contributed by atoms with van der Waals surface area (Å²) in [6.45, 7) is 11.0. The number of rotatable bonds is 3. The van der Waals surface area contributed by atoms with E-state index in [1.807, 2.05) is 13.0 Å². The van der Waals surface area contributed by atoms with Gasteiger partial charge in [-0.15, -0.1) is 0 Å². The molecule has 1 heterocycles. The Kier molecular flexibility index (Phi) is 5.13. The summed E-state index contributed by atoms with van der Waals surface area (Å²) in [4.78, 5) is 2.70. The SMILES string of the molecule is Cc1cccc(S(=O)(=O)N2CCN(c3ccccc3C(C)(C)C)CC2)c1. The van der Waals surface area contributed by atoms with Gasteiger partial charge in [0.25, 0.3) is 0 Å². The molecule has 0 spiro atoms. The molecule has 4 nitrogen and oxygen atoms in total. The van der Waals surface area contributed by atoms with E-state index in [-0.39, 0.29) is 5.41 Å². The van der Waals surface area contributed by atoms with Crippen molar-refractivity contribution in [2.75, 3.05) is 31.1 Å². The van der Waals surface area contributed by atoms with Gasteiger partial charge in [-0.25, -0.2) is 8.42 Å². The summed E-state index contributed by atoms with van der Waals surface area (Å²) in [6, 6.07) is 15.6. The maximum absolute atomic E-state index is 12.9. The van der Waals surface area contributed by atoms with Crippen molar-refractivity contribution in [3.63, 3.8) is 0 Å². The first-order valence-electron chi connectivity index (χ1n) is 9.11. The predicted molar refractivity (Wildman–Crippen MR) is 107 cm³/mol. The zero-order chi connectivity index (χ0) is 18.9. The van der Waals surface area contributed by atoms with Gasteiger partial charge in [0.05, 0.1) is 4.90 Å². The third kappa shape index (κ3) is 3.79. The van der Waals surface area contributed by atoms with Gasteiger partial charge in [-0.05, 0) is 41.7 Å². The van der Waals surface area contributed by atoms with Crippen molar-refractivity contribution >= 4 is 15.7 Å². The van der Waals surface area contributed by atoms with Gasteiger partial charge in [0.2, 0.25) is 10.0 Å². The molecule has 2 aromatic rings. The minimum absolute atomic E-state index is 0.0569. The highest BCUT2D eigenvalue weighted by Gasteiger charge is 2.30. The lowest BCUT2D eigenvalue weighted by molar-refractivity contribution is 0.384. The zero-order valence-electron chi connectivity index (χ0n) is 16.1. The Balaban J connectivity index is 1.78. The second kappa shape index (κ2) is 7.05. The number of benzene rings is 2. The van der Waals surface area contributed by atoms with E-state index >= 15 is 0 Å². The average Bonchev–Trinajstić information content (AvgIpc) is 2.61. The standard InChI is InChI=1S/C21H28N2O2S/c1-17-8-7-9-18(16-17)26(24,25)23-14-12-22(13-15-23)20-11-6-5-10-19(20)21(2,3)4/h5-11,16H,12-15H2,1-4H3. The third-order valence-electron chi connectivity index (χ3n) is 4.92. The van der Waals surface area contributed by atoms with E-state index in [1.165, 1.54) is 11.3 Å². The normalized spacial score (nSPS) is 16.7. The minimum atomic E-state index is -3.42. The lowest BCUT2D eigenvalue weighted by atomic mass is 9.85. The lowest BCUT2D eigenvalue weighted by Gasteiger charge is -2.38. The monoisotopic (exact) mass is 372 g/mol. The number of piperazine rings is 1. The topological polar surface area (TPSA) is 40.6 Å². The fraction of sp³-hybridized carbons (Fsp3) is 0.429. The molecule has 0 radical (unpaired) electrons. The Morgan fingerprint density at radius 3 is 2.15 bits per heavy atom. The van der Waals surface area contributed by atoms with Crippen LogP contribution in [0.25, 0.3) is 0 Å². The molecule has 0 saturated carbocycles. The number of para-hydroxylation sites is 1. The van der Waals surface area contributed by atoms with Gasteiger partial charge >= 0.3 is 0 Å². The average molecular weight is 373 g/mol. The summed E-state index contributed by atoms with van der Waals surface area (Å²) >= 11 is 0. The fourth-order valence-corrected chi connectivity index (χ4v) is 5.01. The zero-order valence-corrected chi connectivity index (χ0v) is 16.9. The van der Waals surface area contributed by atoms with Crippen molar-refractivity contribution in [1.82, 2.24) is 4.31 Å². The quantitative estimate of drug-likeness (QED) is 0.823. The molecular weight excluding hydrogens is 344 g/mol. The molecule has 0 amide bonds. The number of hydrogen-bond donors (Lipinski definition) is 0. The van der Waals surface area contributed by atoms with E-state index in [2.05, 4.69) is 49.9 Å². The molecule has 3 rings (SSSR count). The summed E-state index contributed by atoms with van der Waals surface area (Å²) in [7, 11) is -3.42. The summed E-state index contributed by atoms with van der Waals surface area (Å²) in [5.74, 6) is 0. The van der Waals surface area contributed by atoms with Gasteiger partial charge in [0.1, 0.15) is 0 Å². The van der Waals surface area contributed by atoms with Gasteiger partial charge in [-0.2, -0.15) is 4.31 Å². The highest BCUT2D eigenvalue weighted by Crippen LogP contribution is 2.32. The van der Waals surface area contributed by atoms with Crippen molar-refractivity contribution in [2.24, 2.45) is 0 Å². The highest BCUT2D eigenvalue weighted by molar-refractivity contribution is 7.89. The van der Waals surface area contributed by atoms with Crippen molar-refractivity contribution < 1.29 is 8.42 Å². The molecule has 0 atom stereocenters. The number of sulfonamides is 1. The Hall–Kier alpha value is -1.85. The molecule has 0 N–H and O–H groups in total. The van der Waals surface area contributed by atoms with Gasteiger partial charge in [-0.1, -0.05) is 51.1 Å². The molecule has 0 unspecified atom stereocenters. The second-order valence-corrected chi connectivity index (χ2v) is 9.91. The molecule has 1 fully saturated rings. The van der Waals surface area contributed by atoms with Gasteiger partial charge < -0.3 is 4.90 Å². The molecule has 1 aliphatic rings. The third-order valence-corrected chi connectivity index (χ3v) is 6.81. The summed E-state index contributed by atoms with van der Waals surface area (Å²) < 4.78 is 27.4. The Morgan fingerprint density at radius 1 is 0.885 bits per heavy atom. The smallest absolute Gasteiger partial charge is 0.243 e. The summed E-state index contributed by atoms with van der Waals surface area (Å²) in [6.07, 6.45) is 0. The molecule has 1 aliphatic heterocycles. The Morgan fingerprint density at radius 2 is 1.54 bits per heavy atom. The first-order chi connectivity index (χ1) is 12.2. The molecular formula is C21H28N2O2S. The lowest BCUT2D eigenvalue weighted by Crippen LogP contribution is -2.49. The molecule has 2 aromatic carbocycles. The van der Waals surface area contributed by atoms with Gasteiger partial charge in [-0.3, -0.25) is 0 Å². The van der Waals surface area contributed by atoms with E-state index in [0.717, 1.165) is 5.56 Å². The van der Waals surface area contributed by atoms with E-state index in [4.69, 9.17) is 0 Å². The van der Waals surface area contributed by atoms with Crippen molar-refractivity contribution in [3.05, 3.63) is 59.7 Å². The van der Waals surface area contributed by atoms with Crippen LogP contribution in [-0.2, 0) is 15.4 Å². The van der Waals surface area contributed by atoms with E-state index < -0.39 is 10.0 Å². The molecule has 140 valence electrons. The first-order valence-corrected chi connectivity index (χ1v) is 10.5. The van der Waals surface area contributed by atoms with Crippen LogP contribution in [0.3, 0.4) is 0 Å². The van der Waals surface area contributed by atoms with Crippen LogP contribution in [0.1, 0.15) is 31.9 Å². The fourth-order valence-electron chi connectivity index (χ4n) is 3.48. The summed E-state index contributed by atoms with van der Waals surface area (Å²) in [5.41, 5.74) is 3.54. The van der Waals surface area contributed by atoms with Crippen LogP contribution in [0.15, 0.2) is 53.4 Å². The Labute approximate surface area is 157 Å². The number of aryl methyl sites for hydroxylation is 1. The van der Waals surface area contributed by atoms with Crippen LogP contribution < -0.4 is 4.90 Å². The minimum Gasteiger partial charge on any atom is -0.369 e. The Bertz CT molecular complexity index is 877. The first kappa shape index (κ1) is 18.9. The largest absolute Gasteiger partial charge is 0.369 e. The van der Waals surface area contributed by atoms with Crippen LogP contribution in [0.2, 0.25) is 0 Å². The van der Waals surface area contributed by atoms with Crippen LogP contribution >= 0.6 is 0 Å². The molecule has 26 heavy (non-hydrogen) atoms. The van der Waals surface area contributed by atoms with E-state index in [0.29, 0.717) is 31.1 Å². The highest BCUT2D eigenvalue weighted by atomic mass is 32.2. The van der Waals surface area contributed by atoms with E-state index in [1.54, 1.807) is 22.5 Å². The maximum atomic E-state index is 12.9. The number of hydrogen-bond acceptors (Lipinski definition) is 3. The van der Waals surface area contributed by atoms with Crippen molar-refractivity contribution in [2.45, 2.75) is 38.0 Å². The summed E-state index contributed by atoms with van der Waals surface area (Å²) in [5, 5.41) is 0. The molecule has 1 saturated heterocycles. The van der Waals surface area contributed by atoms with E-state index in [9.17, 15) is 8.42 Å². The van der Waals surface area contributed by atoms with Gasteiger partial charge in [0, 0.05) is 31.9 Å². The molecule has 0 bridgehead atoms. The van der Waals surface area contributed by atoms with Crippen LogP contribution in [0, 0.1) is 6.92 Å². The van der Waals surface area contributed by atoms with Gasteiger partial charge in [0.15, 0.2) is 0 Å². The predicted octanol–water partition coefficient (Wildman–Crippen LogP) is 3.80. The number of anilines is 1. The number of nitrogens with zero attached hydrogens (tertiary/aromatic N) is 2.